The normalized spacial score (nSPS) is 12.9. The van der Waals surface area contributed by atoms with Crippen LogP contribution in [-0.4, -0.2) is 143 Å². The van der Waals surface area contributed by atoms with E-state index in [1.54, 1.807) is 50.1 Å². The van der Waals surface area contributed by atoms with Crippen molar-refractivity contribution < 1.29 is 70.4 Å². The van der Waals surface area contributed by atoms with Gasteiger partial charge in [0.05, 0.1) is 84.5 Å². The zero-order valence-corrected chi connectivity index (χ0v) is 42.2. The van der Waals surface area contributed by atoms with Crippen molar-refractivity contribution in [1.29, 1.82) is 0 Å². The molecule has 1 fully saturated rings. The number of hydrogen-bond donors (Lipinski definition) is 1. The second kappa shape index (κ2) is 32.9. The highest BCUT2D eigenvalue weighted by Crippen LogP contribution is 2.37. The van der Waals surface area contributed by atoms with Gasteiger partial charge in [0, 0.05) is 44.1 Å². The number of carbonyl (C=O) groups is 6. The highest BCUT2D eigenvalue weighted by molar-refractivity contribution is 6.04. The molecule has 1 heterocycles. The van der Waals surface area contributed by atoms with Crippen LogP contribution in [0.2, 0.25) is 0 Å². The summed E-state index contributed by atoms with van der Waals surface area (Å²) in [6.07, 6.45) is 3.36. The molecular formula is C53H71F3N4O12. The maximum atomic E-state index is 13.3. The molecule has 72 heavy (non-hydrogen) atoms. The second-order valence-corrected chi connectivity index (χ2v) is 17.0. The average Bonchev–Trinajstić information content (AvgIpc) is 3.37. The molecule has 1 aliphatic rings. The molecule has 0 bridgehead atoms. The average molecular weight is 1010 g/mol. The number of imide groups is 1. The molecule has 4 rings (SSSR count). The Bertz CT molecular complexity index is 2200. The number of Topliss-reactive ketones (excluding diaryl/α,β-unsaturated/α-hetero) is 2. The number of ether oxygens (including phenoxy) is 6. The fourth-order valence-electron chi connectivity index (χ4n) is 7.42. The van der Waals surface area contributed by atoms with E-state index in [1.165, 1.54) is 26.3 Å². The van der Waals surface area contributed by atoms with E-state index in [-0.39, 0.29) is 73.7 Å². The monoisotopic (exact) mass is 1010 g/mol. The summed E-state index contributed by atoms with van der Waals surface area (Å²) in [7, 11) is 3.25. The molecule has 1 unspecified atom stereocenters. The third-order valence-corrected chi connectivity index (χ3v) is 11.7. The topological polar surface area (TPSA) is 189 Å². The number of methoxy groups -OCH3 is 1. The first kappa shape index (κ1) is 60.3. The van der Waals surface area contributed by atoms with Crippen LogP contribution in [0.25, 0.3) is 6.08 Å². The first-order chi connectivity index (χ1) is 34.5. The minimum atomic E-state index is -3.93. The van der Waals surface area contributed by atoms with Gasteiger partial charge >= 0.3 is 6.18 Å². The van der Waals surface area contributed by atoms with Gasteiger partial charge in [-0.25, -0.2) is 4.98 Å². The predicted molar refractivity (Wildman–Crippen MR) is 264 cm³/mol. The van der Waals surface area contributed by atoms with Crippen molar-refractivity contribution >= 4 is 41.8 Å². The molecule has 0 saturated heterocycles. The molecule has 1 N–H and O–H groups in total. The molecular weight excluding hydrogens is 942 g/mol. The maximum absolute atomic E-state index is 13.3. The zero-order chi connectivity index (χ0) is 52.9. The van der Waals surface area contributed by atoms with Crippen LogP contribution in [0, 0.1) is 12.8 Å². The van der Waals surface area contributed by atoms with Crippen LogP contribution >= 0.6 is 0 Å². The molecule has 1 saturated carbocycles. The van der Waals surface area contributed by atoms with Gasteiger partial charge < -0.3 is 38.6 Å². The standard InChI is InChI=1S/C46H60N4O12.C7H11F3/c1-7-37-28-41(47-31-43(37)57-6)45(55)48-30-36-11-9-10-35(26-36)27-44(54)49(5)16-17-58-18-19-59-20-21-60-22-23-61-24-25-62-39-14-12-33(3)40(29-39)46(56)50(32-51)42(34(4)52)15-13-38(53)8-2;8-7(9,10)6-4-2-1-3-5-6/h7,9-12,14,26,28-29,31-32,42H,1,8,13,15-25,27,30H2,2-6H3,(H,48,55);6H,1-5H2. The number of alkyl halides is 3. The van der Waals surface area contributed by atoms with Crippen LogP contribution in [0.1, 0.15) is 108 Å². The Kier molecular flexibility index (Phi) is 27.5. The van der Waals surface area contributed by atoms with Gasteiger partial charge in [-0.1, -0.05) is 69.2 Å². The van der Waals surface area contributed by atoms with Crippen molar-refractivity contribution in [2.75, 3.05) is 80.2 Å². The molecule has 0 radical (unpaired) electrons. The highest BCUT2D eigenvalue weighted by Gasteiger charge is 2.39. The second-order valence-electron chi connectivity index (χ2n) is 17.0. The first-order valence-electron chi connectivity index (χ1n) is 24.2. The van der Waals surface area contributed by atoms with Crippen molar-refractivity contribution in [2.45, 2.75) is 97.3 Å². The van der Waals surface area contributed by atoms with E-state index in [2.05, 4.69) is 16.9 Å². The molecule has 1 aromatic heterocycles. The van der Waals surface area contributed by atoms with E-state index in [0.717, 1.165) is 35.3 Å². The number of carbonyl (C=O) groups excluding carboxylic acids is 6. The molecule has 3 aromatic rings. The lowest BCUT2D eigenvalue weighted by Gasteiger charge is -2.25. The van der Waals surface area contributed by atoms with Gasteiger partial charge in [-0.3, -0.25) is 33.7 Å². The van der Waals surface area contributed by atoms with Crippen LogP contribution in [0.15, 0.2) is 61.3 Å². The van der Waals surface area contributed by atoms with Crippen LogP contribution < -0.4 is 14.8 Å². The Balaban J connectivity index is 0.00000121. The van der Waals surface area contributed by atoms with Crippen LogP contribution in [0.5, 0.6) is 11.5 Å². The number of amides is 4. The SMILES string of the molecule is C=Cc1cc(C(=O)NCc2cccc(CC(=O)N(C)CCOCCOCCOCCOCCOc3ccc(C)c(C(=O)N(C=O)C(CCC(=O)CC)C(C)=O)c3)c2)ncc1OC.FC(F)(F)C1CCCCC1. The van der Waals surface area contributed by atoms with E-state index in [1.807, 2.05) is 24.3 Å². The van der Waals surface area contributed by atoms with E-state index < -0.39 is 24.0 Å². The summed E-state index contributed by atoms with van der Waals surface area (Å²) < 4.78 is 69.1. The van der Waals surface area contributed by atoms with Crippen molar-refractivity contribution in [2.24, 2.45) is 5.92 Å². The molecule has 1 aliphatic carbocycles. The largest absolute Gasteiger partial charge is 0.495 e. The minimum Gasteiger partial charge on any atom is -0.495 e. The maximum Gasteiger partial charge on any atom is 0.391 e. The van der Waals surface area contributed by atoms with E-state index in [9.17, 15) is 41.9 Å². The summed E-state index contributed by atoms with van der Waals surface area (Å²) in [6, 6.07) is 13.0. The quantitative estimate of drug-likeness (QED) is 0.0492. The van der Waals surface area contributed by atoms with Crippen molar-refractivity contribution in [1.82, 2.24) is 20.1 Å². The number of pyridine rings is 1. The summed E-state index contributed by atoms with van der Waals surface area (Å²) in [5.41, 5.74) is 3.42. The van der Waals surface area contributed by atoms with Gasteiger partial charge in [0.1, 0.15) is 29.6 Å². The number of ketones is 2. The summed E-state index contributed by atoms with van der Waals surface area (Å²) in [5.74, 6) is -1.53. The fourth-order valence-corrected chi connectivity index (χ4v) is 7.42. The summed E-state index contributed by atoms with van der Waals surface area (Å²) >= 11 is 0. The smallest absolute Gasteiger partial charge is 0.391 e. The summed E-state index contributed by atoms with van der Waals surface area (Å²) in [5, 5.41) is 2.86. The van der Waals surface area contributed by atoms with Crippen LogP contribution in [0.3, 0.4) is 0 Å². The number of aromatic nitrogens is 1. The Morgan fingerprint density at radius 2 is 1.50 bits per heavy atom. The molecule has 2 aromatic carbocycles. The Labute approximate surface area is 420 Å². The van der Waals surface area contributed by atoms with Gasteiger partial charge in [0.15, 0.2) is 5.78 Å². The molecule has 19 heteroatoms. The number of rotatable bonds is 31. The lowest BCUT2D eigenvalue weighted by Crippen LogP contribution is -2.44. The van der Waals surface area contributed by atoms with Crippen molar-refractivity contribution in [3.63, 3.8) is 0 Å². The number of halogens is 3. The van der Waals surface area contributed by atoms with E-state index >= 15 is 0 Å². The number of aryl methyl sites for hydroxylation is 1. The molecule has 1 atom stereocenters. The van der Waals surface area contributed by atoms with Gasteiger partial charge in [-0.15, -0.1) is 0 Å². The third-order valence-electron chi connectivity index (χ3n) is 11.7. The summed E-state index contributed by atoms with van der Waals surface area (Å²) in [6.45, 7) is 12.2. The van der Waals surface area contributed by atoms with Gasteiger partial charge in [0.2, 0.25) is 12.3 Å². The Morgan fingerprint density at radius 1 is 0.875 bits per heavy atom. The van der Waals surface area contributed by atoms with Gasteiger partial charge in [-0.2, -0.15) is 13.2 Å². The Morgan fingerprint density at radius 3 is 2.07 bits per heavy atom. The van der Waals surface area contributed by atoms with Crippen LogP contribution in [0.4, 0.5) is 13.2 Å². The predicted octanol–water partition coefficient (Wildman–Crippen LogP) is 7.56. The van der Waals surface area contributed by atoms with Gasteiger partial charge in [0.25, 0.3) is 11.8 Å². The van der Waals surface area contributed by atoms with Crippen molar-refractivity contribution in [3.05, 3.63) is 94.8 Å². The lowest BCUT2D eigenvalue weighted by atomic mass is 9.89. The van der Waals surface area contributed by atoms with Gasteiger partial charge in [-0.05, 0) is 68.0 Å². The van der Waals surface area contributed by atoms with Crippen LogP contribution in [-0.2, 0) is 51.1 Å². The van der Waals surface area contributed by atoms with Crippen molar-refractivity contribution in [3.8, 4) is 11.5 Å². The molecule has 0 aliphatic heterocycles. The number of likely N-dealkylation sites (N-methyl/N-ethyl adjacent to an activating group) is 1. The number of nitrogens with one attached hydrogen (secondary N) is 1. The molecule has 16 nitrogen and oxygen atoms in total. The molecule has 4 amide bonds. The molecule has 396 valence electrons. The minimum absolute atomic E-state index is 0.0532. The zero-order valence-electron chi connectivity index (χ0n) is 42.2. The lowest BCUT2D eigenvalue weighted by molar-refractivity contribution is -0.181. The fraction of sp³-hybridized carbons (Fsp3) is 0.528. The van der Waals surface area contributed by atoms with E-state index in [4.69, 9.17) is 28.4 Å². The number of benzene rings is 2. The molecule has 0 spiro atoms. The first-order valence-corrected chi connectivity index (χ1v) is 24.2. The Hall–Kier alpha value is -6.02. The summed E-state index contributed by atoms with van der Waals surface area (Å²) in [4.78, 5) is 81.5. The number of hydrogen-bond acceptors (Lipinski definition) is 13. The third kappa shape index (κ3) is 21.8. The number of nitrogens with zero attached hydrogens (tertiary/aromatic N) is 3. The van der Waals surface area contributed by atoms with E-state index in [0.29, 0.717) is 101 Å². The highest BCUT2D eigenvalue weighted by atomic mass is 19.4.